The summed E-state index contributed by atoms with van der Waals surface area (Å²) in [6, 6.07) is 8.42. The molecular weight excluding hydrogens is 376 g/mol. The molecule has 29 heavy (non-hydrogen) atoms. The minimum absolute atomic E-state index is 0.00918. The molecule has 7 nitrogen and oxygen atoms in total. The Kier molecular flexibility index (Phi) is 7.65. The molecule has 2 aromatic carbocycles. The molecule has 7 heteroatoms. The molecule has 2 rings (SSSR count). The average molecular weight is 400 g/mol. The van der Waals surface area contributed by atoms with Gasteiger partial charge >= 0.3 is 5.97 Å². The number of carbonyl (C=O) groups is 2. The minimum Gasteiger partial charge on any atom is -0.504 e. The van der Waals surface area contributed by atoms with Crippen molar-refractivity contribution in [3.8, 4) is 28.7 Å². The number of ketones is 1. The molecule has 0 unspecified atom stereocenters. The molecule has 0 radical (unpaired) electrons. The number of aromatic hydroxyl groups is 1. The van der Waals surface area contributed by atoms with Crippen LogP contribution in [0.25, 0.3) is 0 Å². The number of benzene rings is 2. The normalized spacial score (nSPS) is 10.2. The Morgan fingerprint density at radius 1 is 0.897 bits per heavy atom. The number of ether oxygens (including phenoxy) is 4. The Balaban J connectivity index is 2.85. The average Bonchev–Trinajstić information content (AvgIpc) is 2.73. The number of phenolic OH excluding ortho intramolecular Hbond substituents is 1. The van der Waals surface area contributed by atoms with Crippen LogP contribution < -0.4 is 18.9 Å². The second-order valence-corrected chi connectivity index (χ2v) is 5.66. The van der Waals surface area contributed by atoms with E-state index in [0.717, 1.165) is 6.08 Å². The van der Waals surface area contributed by atoms with Gasteiger partial charge in [-0.1, -0.05) is 36.9 Å². The van der Waals surface area contributed by atoms with E-state index < -0.39 is 17.5 Å². The maximum absolute atomic E-state index is 13.2. The van der Waals surface area contributed by atoms with E-state index in [0.29, 0.717) is 5.56 Å². The number of hydrogen-bond acceptors (Lipinski definition) is 7. The Morgan fingerprint density at radius 2 is 1.45 bits per heavy atom. The Morgan fingerprint density at radius 3 is 2.00 bits per heavy atom. The van der Waals surface area contributed by atoms with E-state index in [9.17, 15) is 14.7 Å². The highest BCUT2D eigenvalue weighted by Gasteiger charge is 2.33. The summed E-state index contributed by atoms with van der Waals surface area (Å²) in [5.74, 6) is -2.18. The van der Waals surface area contributed by atoms with Crippen LogP contribution in [0.2, 0.25) is 0 Å². The topological polar surface area (TPSA) is 91.3 Å². The van der Waals surface area contributed by atoms with Crippen LogP contribution in [0.3, 0.4) is 0 Å². The predicted octanol–water partition coefficient (Wildman–Crippen LogP) is 3.91. The molecule has 0 spiro atoms. The van der Waals surface area contributed by atoms with Crippen molar-refractivity contribution in [2.75, 3.05) is 19.8 Å². The molecule has 154 valence electrons. The van der Waals surface area contributed by atoms with E-state index in [4.69, 9.17) is 18.9 Å². The highest BCUT2D eigenvalue weighted by Crippen LogP contribution is 2.54. The third-order valence-corrected chi connectivity index (χ3v) is 3.80. The third-order valence-electron chi connectivity index (χ3n) is 3.80. The largest absolute Gasteiger partial charge is 0.504 e. The lowest BCUT2D eigenvalue weighted by atomic mass is 9.99. The van der Waals surface area contributed by atoms with Crippen molar-refractivity contribution >= 4 is 11.8 Å². The first kappa shape index (κ1) is 21.8. The quantitative estimate of drug-likeness (QED) is 0.280. The number of esters is 1. The van der Waals surface area contributed by atoms with E-state index in [-0.39, 0.29) is 48.4 Å². The van der Waals surface area contributed by atoms with Gasteiger partial charge in [0.2, 0.25) is 23.0 Å². The van der Waals surface area contributed by atoms with Crippen molar-refractivity contribution < 1.29 is 33.6 Å². The van der Waals surface area contributed by atoms with Crippen molar-refractivity contribution in [3.05, 3.63) is 54.1 Å². The first-order chi connectivity index (χ1) is 14.0. The van der Waals surface area contributed by atoms with Gasteiger partial charge in [0.15, 0.2) is 11.5 Å². The Bertz CT molecular complexity index is 888. The summed E-state index contributed by atoms with van der Waals surface area (Å²) in [5, 5.41) is 10.9. The van der Waals surface area contributed by atoms with Gasteiger partial charge in [-0.15, -0.1) is 0 Å². The SMILES string of the molecule is C=CC(=O)Oc1c(OCC)c(O)c(C(=O)c2ccccc2)c(OCC)c1OCC. The van der Waals surface area contributed by atoms with Crippen LogP contribution >= 0.6 is 0 Å². The van der Waals surface area contributed by atoms with Gasteiger partial charge in [0.25, 0.3) is 0 Å². The summed E-state index contributed by atoms with van der Waals surface area (Å²) < 4.78 is 22.1. The van der Waals surface area contributed by atoms with Crippen LogP contribution in [-0.4, -0.2) is 36.7 Å². The minimum atomic E-state index is -0.782. The standard InChI is InChI=1S/C22H24O7/c1-5-15(23)29-22-20(27-7-3)18(25)16(17(24)14-12-10-9-11-13-14)19(26-6-2)21(22)28-8-4/h5,9-13,25H,1,6-8H2,2-4H3. The fourth-order valence-electron chi connectivity index (χ4n) is 2.66. The molecule has 0 heterocycles. The molecule has 0 saturated heterocycles. The highest BCUT2D eigenvalue weighted by molar-refractivity contribution is 6.14. The van der Waals surface area contributed by atoms with Gasteiger partial charge in [-0.05, 0) is 20.8 Å². The van der Waals surface area contributed by atoms with Crippen molar-refractivity contribution in [1.82, 2.24) is 0 Å². The van der Waals surface area contributed by atoms with Gasteiger partial charge in [-0.3, -0.25) is 4.79 Å². The first-order valence-corrected chi connectivity index (χ1v) is 9.25. The number of hydrogen-bond donors (Lipinski definition) is 1. The van der Waals surface area contributed by atoms with Gasteiger partial charge in [-0.25, -0.2) is 4.79 Å². The second-order valence-electron chi connectivity index (χ2n) is 5.66. The van der Waals surface area contributed by atoms with Crippen LogP contribution in [0.1, 0.15) is 36.7 Å². The van der Waals surface area contributed by atoms with E-state index >= 15 is 0 Å². The van der Waals surface area contributed by atoms with Gasteiger partial charge in [0, 0.05) is 11.6 Å². The van der Waals surface area contributed by atoms with Crippen LogP contribution in [0, 0.1) is 0 Å². The molecule has 2 aromatic rings. The second kappa shape index (κ2) is 10.2. The van der Waals surface area contributed by atoms with E-state index in [1.807, 2.05) is 0 Å². The predicted molar refractivity (Wildman–Crippen MR) is 107 cm³/mol. The molecule has 0 aliphatic rings. The molecule has 0 bridgehead atoms. The molecule has 1 N–H and O–H groups in total. The summed E-state index contributed by atoms with van der Waals surface area (Å²) in [6.45, 7) is 9.01. The molecule has 0 fully saturated rings. The molecule has 0 aliphatic heterocycles. The molecule has 0 saturated carbocycles. The van der Waals surface area contributed by atoms with Crippen LogP contribution in [0.15, 0.2) is 43.0 Å². The third kappa shape index (κ3) is 4.68. The maximum Gasteiger partial charge on any atom is 0.335 e. The van der Waals surface area contributed by atoms with E-state index in [2.05, 4.69) is 6.58 Å². The summed E-state index contributed by atoms with van der Waals surface area (Å²) in [4.78, 5) is 25.1. The Hall–Kier alpha value is -3.48. The smallest absolute Gasteiger partial charge is 0.335 e. The maximum atomic E-state index is 13.2. The lowest BCUT2D eigenvalue weighted by Crippen LogP contribution is -2.13. The molecular formula is C22H24O7. The van der Waals surface area contributed by atoms with Crippen molar-refractivity contribution in [3.63, 3.8) is 0 Å². The molecule has 0 atom stereocenters. The van der Waals surface area contributed by atoms with Crippen molar-refractivity contribution in [1.29, 1.82) is 0 Å². The fraction of sp³-hybridized carbons (Fsp3) is 0.273. The lowest BCUT2D eigenvalue weighted by molar-refractivity contribution is -0.129. The number of carbonyl (C=O) groups excluding carboxylic acids is 2. The summed E-state index contributed by atoms with van der Waals surface area (Å²) in [6.07, 6.45) is 0.964. The summed E-state index contributed by atoms with van der Waals surface area (Å²) in [5.41, 5.74) is 0.202. The molecule has 0 aromatic heterocycles. The summed E-state index contributed by atoms with van der Waals surface area (Å²) >= 11 is 0. The van der Waals surface area contributed by atoms with Crippen molar-refractivity contribution in [2.24, 2.45) is 0 Å². The first-order valence-electron chi connectivity index (χ1n) is 9.25. The van der Waals surface area contributed by atoms with Gasteiger partial charge in [0.1, 0.15) is 5.56 Å². The van der Waals surface area contributed by atoms with Crippen LogP contribution in [-0.2, 0) is 4.79 Å². The monoisotopic (exact) mass is 400 g/mol. The van der Waals surface area contributed by atoms with Crippen LogP contribution in [0.5, 0.6) is 28.7 Å². The molecule has 0 aliphatic carbocycles. The zero-order chi connectivity index (χ0) is 21.4. The van der Waals surface area contributed by atoms with Gasteiger partial charge in [0.05, 0.1) is 19.8 Å². The summed E-state index contributed by atoms with van der Waals surface area (Å²) in [7, 11) is 0. The van der Waals surface area contributed by atoms with Gasteiger partial charge in [-0.2, -0.15) is 0 Å². The number of rotatable bonds is 10. The fourth-order valence-corrected chi connectivity index (χ4v) is 2.66. The zero-order valence-electron chi connectivity index (χ0n) is 16.7. The van der Waals surface area contributed by atoms with E-state index in [1.165, 1.54) is 0 Å². The van der Waals surface area contributed by atoms with Crippen molar-refractivity contribution in [2.45, 2.75) is 20.8 Å². The zero-order valence-corrected chi connectivity index (χ0v) is 16.7. The lowest BCUT2D eigenvalue weighted by Gasteiger charge is -2.22. The van der Waals surface area contributed by atoms with Gasteiger partial charge < -0.3 is 24.1 Å². The highest BCUT2D eigenvalue weighted by atomic mass is 16.6. The Labute approximate surface area is 169 Å². The molecule has 0 amide bonds. The van der Waals surface area contributed by atoms with Crippen LogP contribution in [0.4, 0.5) is 0 Å². The number of phenols is 1. The van der Waals surface area contributed by atoms with E-state index in [1.54, 1.807) is 51.1 Å².